The first kappa shape index (κ1) is 20.5. The normalized spacial score (nSPS) is 14.9. The van der Waals surface area contributed by atoms with Crippen LogP contribution in [0.1, 0.15) is 26.3 Å². The molecule has 4 nitrogen and oxygen atoms in total. The van der Waals surface area contributed by atoms with E-state index >= 15 is 0 Å². The highest BCUT2D eigenvalue weighted by atomic mass is 35.5. The third kappa shape index (κ3) is 4.42. The van der Waals surface area contributed by atoms with Crippen molar-refractivity contribution in [2.24, 2.45) is 0 Å². The molecule has 1 heterocycles. The standard InChI is InChI=1S/C19H15Cl2F3N2O2/c20-13-9-12(10-14(21)11-13)17(27)25-5-7-26(8-6-25)18(28)15-3-1-2-4-16(15)19(22,23)24/h1-4,9-11H,5-8H2. The molecule has 0 radical (unpaired) electrons. The van der Waals surface area contributed by atoms with E-state index in [1.54, 1.807) is 0 Å². The molecule has 28 heavy (non-hydrogen) atoms. The maximum atomic E-state index is 13.2. The van der Waals surface area contributed by atoms with E-state index in [0.717, 1.165) is 12.1 Å². The van der Waals surface area contributed by atoms with Crippen LogP contribution >= 0.6 is 23.2 Å². The zero-order valence-corrected chi connectivity index (χ0v) is 16.0. The number of rotatable bonds is 2. The SMILES string of the molecule is O=C(c1cc(Cl)cc(Cl)c1)N1CCN(C(=O)c2ccccc2C(F)(F)F)CC1. The van der Waals surface area contributed by atoms with Crippen LogP contribution in [-0.4, -0.2) is 47.8 Å². The molecule has 3 rings (SSSR count). The minimum Gasteiger partial charge on any atom is -0.335 e. The van der Waals surface area contributed by atoms with Crippen LogP contribution in [0.3, 0.4) is 0 Å². The van der Waals surface area contributed by atoms with E-state index < -0.39 is 23.2 Å². The lowest BCUT2D eigenvalue weighted by Gasteiger charge is -2.35. The van der Waals surface area contributed by atoms with Gasteiger partial charge in [0.1, 0.15) is 0 Å². The molecule has 0 aliphatic carbocycles. The van der Waals surface area contributed by atoms with Crippen LogP contribution in [0.5, 0.6) is 0 Å². The van der Waals surface area contributed by atoms with Gasteiger partial charge in [-0.25, -0.2) is 0 Å². The predicted molar refractivity (Wildman–Crippen MR) is 99.7 cm³/mol. The van der Waals surface area contributed by atoms with Gasteiger partial charge in [0.25, 0.3) is 11.8 Å². The molecule has 0 unspecified atom stereocenters. The fourth-order valence-corrected chi connectivity index (χ4v) is 3.59. The van der Waals surface area contributed by atoms with Crippen molar-refractivity contribution in [2.75, 3.05) is 26.2 Å². The monoisotopic (exact) mass is 430 g/mol. The molecule has 2 amide bonds. The van der Waals surface area contributed by atoms with Crippen LogP contribution in [0.2, 0.25) is 10.0 Å². The van der Waals surface area contributed by atoms with Gasteiger partial charge in [-0.1, -0.05) is 35.3 Å². The second-order valence-corrected chi connectivity index (χ2v) is 7.16. The van der Waals surface area contributed by atoms with Gasteiger partial charge in [-0.05, 0) is 30.3 Å². The summed E-state index contributed by atoms with van der Waals surface area (Å²) in [6.45, 7) is 0.655. The van der Waals surface area contributed by atoms with Crippen molar-refractivity contribution >= 4 is 35.0 Å². The Balaban J connectivity index is 1.71. The van der Waals surface area contributed by atoms with E-state index in [2.05, 4.69) is 0 Å². The molecule has 0 atom stereocenters. The summed E-state index contributed by atoms with van der Waals surface area (Å²) in [6, 6.07) is 9.18. The van der Waals surface area contributed by atoms with Crippen molar-refractivity contribution in [3.63, 3.8) is 0 Å². The number of carbonyl (C=O) groups is 2. The number of benzene rings is 2. The second kappa shape index (κ2) is 8.01. The minimum atomic E-state index is -4.62. The number of nitrogens with zero attached hydrogens (tertiary/aromatic N) is 2. The number of alkyl halides is 3. The smallest absolute Gasteiger partial charge is 0.335 e. The Bertz CT molecular complexity index is 890. The van der Waals surface area contributed by atoms with E-state index in [4.69, 9.17) is 23.2 Å². The van der Waals surface area contributed by atoms with Gasteiger partial charge in [-0.3, -0.25) is 9.59 Å². The molecule has 1 saturated heterocycles. The molecule has 0 spiro atoms. The first-order valence-electron chi connectivity index (χ1n) is 8.37. The van der Waals surface area contributed by atoms with Gasteiger partial charge in [0.2, 0.25) is 0 Å². The topological polar surface area (TPSA) is 40.6 Å². The lowest BCUT2D eigenvalue weighted by molar-refractivity contribution is -0.138. The van der Waals surface area contributed by atoms with Crippen LogP contribution in [0.25, 0.3) is 0 Å². The Kier molecular flexibility index (Phi) is 5.86. The van der Waals surface area contributed by atoms with Gasteiger partial charge in [-0.2, -0.15) is 13.2 Å². The summed E-state index contributed by atoms with van der Waals surface area (Å²) in [5.74, 6) is -1.00. The van der Waals surface area contributed by atoms with Crippen LogP contribution in [0.4, 0.5) is 13.2 Å². The third-order valence-corrected chi connectivity index (χ3v) is 4.86. The van der Waals surface area contributed by atoms with Gasteiger partial charge in [0.15, 0.2) is 0 Å². The largest absolute Gasteiger partial charge is 0.417 e. The van der Waals surface area contributed by atoms with Crippen molar-refractivity contribution in [1.29, 1.82) is 0 Å². The van der Waals surface area contributed by atoms with Gasteiger partial charge < -0.3 is 9.80 Å². The number of carbonyl (C=O) groups excluding carboxylic acids is 2. The predicted octanol–water partition coefficient (Wildman–Crippen LogP) is 4.61. The molecule has 0 bridgehead atoms. The lowest BCUT2D eigenvalue weighted by Crippen LogP contribution is -2.50. The maximum absolute atomic E-state index is 13.2. The van der Waals surface area contributed by atoms with E-state index in [1.807, 2.05) is 0 Å². The Morgan fingerprint density at radius 3 is 1.86 bits per heavy atom. The molecule has 2 aromatic carbocycles. The van der Waals surface area contributed by atoms with E-state index in [1.165, 1.54) is 40.1 Å². The summed E-state index contributed by atoms with van der Waals surface area (Å²) in [4.78, 5) is 28.0. The fraction of sp³-hybridized carbons (Fsp3) is 0.263. The molecule has 2 aromatic rings. The molecule has 0 saturated carbocycles. The first-order valence-corrected chi connectivity index (χ1v) is 9.13. The Morgan fingerprint density at radius 2 is 1.32 bits per heavy atom. The van der Waals surface area contributed by atoms with Gasteiger partial charge >= 0.3 is 6.18 Å². The minimum absolute atomic E-state index is 0.130. The summed E-state index contributed by atoms with van der Waals surface area (Å²) in [5, 5.41) is 0.654. The summed E-state index contributed by atoms with van der Waals surface area (Å²) in [5.41, 5.74) is -1.04. The van der Waals surface area contributed by atoms with E-state index in [-0.39, 0.29) is 32.1 Å². The van der Waals surface area contributed by atoms with Crippen LogP contribution < -0.4 is 0 Å². The summed E-state index contributed by atoms with van der Waals surface area (Å²) < 4.78 is 39.5. The number of hydrogen-bond donors (Lipinski definition) is 0. The Morgan fingerprint density at radius 1 is 0.821 bits per heavy atom. The maximum Gasteiger partial charge on any atom is 0.417 e. The zero-order valence-electron chi connectivity index (χ0n) is 14.5. The Hall–Kier alpha value is -2.25. The van der Waals surface area contributed by atoms with Gasteiger partial charge in [0.05, 0.1) is 11.1 Å². The van der Waals surface area contributed by atoms with Crippen molar-refractivity contribution in [2.45, 2.75) is 6.18 Å². The molecule has 148 valence electrons. The first-order chi connectivity index (χ1) is 13.2. The van der Waals surface area contributed by atoms with Gasteiger partial charge in [0, 0.05) is 41.8 Å². The average Bonchev–Trinajstić information content (AvgIpc) is 2.65. The van der Waals surface area contributed by atoms with Crippen LogP contribution in [-0.2, 0) is 6.18 Å². The van der Waals surface area contributed by atoms with Crippen molar-refractivity contribution in [3.8, 4) is 0 Å². The average molecular weight is 431 g/mol. The second-order valence-electron chi connectivity index (χ2n) is 6.29. The molecule has 9 heteroatoms. The molecule has 0 aromatic heterocycles. The number of hydrogen-bond acceptors (Lipinski definition) is 2. The molecule has 0 N–H and O–H groups in total. The van der Waals surface area contributed by atoms with Gasteiger partial charge in [-0.15, -0.1) is 0 Å². The number of piperazine rings is 1. The Labute approximate surface area is 169 Å². The molecule has 1 fully saturated rings. The molecular weight excluding hydrogens is 416 g/mol. The summed E-state index contributed by atoms with van der Waals surface area (Å²) in [6.07, 6.45) is -4.62. The lowest BCUT2D eigenvalue weighted by atomic mass is 10.1. The van der Waals surface area contributed by atoms with Crippen molar-refractivity contribution < 1.29 is 22.8 Å². The van der Waals surface area contributed by atoms with Crippen molar-refractivity contribution in [3.05, 3.63) is 69.2 Å². The number of halogens is 5. The fourth-order valence-electron chi connectivity index (χ4n) is 3.06. The van der Waals surface area contributed by atoms with E-state index in [9.17, 15) is 22.8 Å². The zero-order chi connectivity index (χ0) is 20.5. The number of amides is 2. The van der Waals surface area contributed by atoms with Crippen LogP contribution in [0, 0.1) is 0 Å². The highest BCUT2D eigenvalue weighted by Gasteiger charge is 2.36. The highest BCUT2D eigenvalue weighted by Crippen LogP contribution is 2.32. The highest BCUT2D eigenvalue weighted by molar-refractivity contribution is 6.35. The molecular formula is C19H15Cl2F3N2O2. The summed E-state index contributed by atoms with van der Waals surface area (Å²) in [7, 11) is 0. The molecule has 1 aliphatic heterocycles. The molecule has 1 aliphatic rings. The third-order valence-electron chi connectivity index (χ3n) is 4.43. The van der Waals surface area contributed by atoms with Crippen molar-refractivity contribution in [1.82, 2.24) is 9.80 Å². The quantitative estimate of drug-likeness (QED) is 0.697. The summed E-state index contributed by atoms with van der Waals surface area (Å²) >= 11 is 11.8. The van der Waals surface area contributed by atoms with Crippen LogP contribution in [0.15, 0.2) is 42.5 Å². The van der Waals surface area contributed by atoms with E-state index in [0.29, 0.717) is 15.6 Å².